The van der Waals surface area contributed by atoms with Crippen molar-refractivity contribution in [3.8, 4) is 0 Å². The number of hydrogen-bond donors (Lipinski definition) is 2. The van der Waals surface area contributed by atoms with Crippen LogP contribution in [0.25, 0.3) is 0 Å². The summed E-state index contributed by atoms with van der Waals surface area (Å²) in [5.74, 6) is 0.0823. The van der Waals surface area contributed by atoms with E-state index in [2.05, 4.69) is 50.4 Å². The Morgan fingerprint density at radius 1 is 1.11 bits per heavy atom. The number of quaternary nitrogens is 1. The number of amides is 1. The molecule has 0 radical (unpaired) electrons. The molecule has 0 aliphatic carbocycles. The number of nitro benzene ring substituents is 1. The highest BCUT2D eigenvalue weighted by molar-refractivity contribution is 5.95. The van der Waals surface area contributed by atoms with Gasteiger partial charge in [-0.3, -0.25) is 14.9 Å². The van der Waals surface area contributed by atoms with Gasteiger partial charge in [0, 0.05) is 17.5 Å². The standard InChI is InChI=1S/C21H27N3O3/c1-5-16-10-12-17(13-11-16)20(14(2)3)22-15(4)21(25)23-18-8-6-7-9-19(18)24(26)27/h6-15,20,22H,5H2,1-4H3,(H,23,25)/p+1/t15-,20+/m1/s1. The van der Waals surface area contributed by atoms with Crippen LogP contribution in [0.4, 0.5) is 11.4 Å². The Labute approximate surface area is 160 Å². The molecule has 144 valence electrons. The van der Waals surface area contributed by atoms with Gasteiger partial charge >= 0.3 is 0 Å². The number of anilines is 1. The quantitative estimate of drug-likeness (QED) is 0.551. The molecule has 0 heterocycles. The van der Waals surface area contributed by atoms with Gasteiger partial charge in [-0.05, 0) is 25.0 Å². The molecule has 0 bridgehead atoms. The maximum Gasteiger partial charge on any atom is 0.292 e. The molecule has 2 rings (SSSR count). The van der Waals surface area contributed by atoms with Crippen LogP contribution in [0.2, 0.25) is 0 Å². The highest BCUT2D eigenvalue weighted by atomic mass is 16.6. The Morgan fingerprint density at radius 2 is 1.74 bits per heavy atom. The van der Waals surface area contributed by atoms with E-state index in [9.17, 15) is 14.9 Å². The van der Waals surface area contributed by atoms with E-state index in [-0.39, 0.29) is 29.4 Å². The molecule has 0 saturated carbocycles. The normalized spacial score (nSPS) is 13.2. The van der Waals surface area contributed by atoms with Gasteiger partial charge in [0.1, 0.15) is 11.7 Å². The number of benzene rings is 2. The maximum atomic E-state index is 12.6. The van der Waals surface area contributed by atoms with Gasteiger partial charge < -0.3 is 10.6 Å². The van der Waals surface area contributed by atoms with Crippen LogP contribution in [0.15, 0.2) is 48.5 Å². The van der Waals surface area contributed by atoms with Crippen LogP contribution in [-0.4, -0.2) is 16.9 Å². The maximum absolute atomic E-state index is 12.6. The van der Waals surface area contributed by atoms with E-state index in [0.717, 1.165) is 6.42 Å². The highest BCUT2D eigenvalue weighted by Gasteiger charge is 2.27. The lowest BCUT2D eigenvalue weighted by molar-refractivity contribution is -0.718. The van der Waals surface area contributed by atoms with Crippen molar-refractivity contribution < 1.29 is 15.0 Å². The number of nitrogens with two attached hydrogens (primary N) is 1. The van der Waals surface area contributed by atoms with Crippen LogP contribution in [-0.2, 0) is 11.2 Å². The predicted octanol–water partition coefficient (Wildman–Crippen LogP) is 3.44. The van der Waals surface area contributed by atoms with Crippen LogP contribution in [0.5, 0.6) is 0 Å². The topological polar surface area (TPSA) is 88.8 Å². The van der Waals surface area contributed by atoms with Crippen molar-refractivity contribution in [2.45, 2.75) is 46.2 Å². The second kappa shape index (κ2) is 9.28. The fourth-order valence-corrected chi connectivity index (χ4v) is 3.08. The molecule has 0 aliphatic rings. The van der Waals surface area contributed by atoms with E-state index in [0.29, 0.717) is 5.92 Å². The van der Waals surface area contributed by atoms with Crippen molar-refractivity contribution in [3.63, 3.8) is 0 Å². The summed E-state index contributed by atoms with van der Waals surface area (Å²) in [6, 6.07) is 14.4. The summed E-state index contributed by atoms with van der Waals surface area (Å²) in [6.07, 6.45) is 0.991. The minimum absolute atomic E-state index is 0.103. The number of aryl methyl sites for hydroxylation is 1. The molecule has 3 N–H and O–H groups in total. The number of para-hydroxylation sites is 2. The lowest BCUT2D eigenvalue weighted by Crippen LogP contribution is -2.93. The Balaban J connectivity index is 2.11. The van der Waals surface area contributed by atoms with Crippen LogP contribution in [0.1, 0.15) is 44.9 Å². The summed E-state index contributed by atoms with van der Waals surface area (Å²) in [6.45, 7) is 8.19. The zero-order chi connectivity index (χ0) is 20.0. The summed E-state index contributed by atoms with van der Waals surface area (Å²) in [4.78, 5) is 23.2. The second-order valence-corrected chi connectivity index (χ2v) is 7.11. The van der Waals surface area contributed by atoms with Gasteiger partial charge in [-0.2, -0.15) is 0 Å². The van der Waals surface area contributed by atoms with Crippen molar-refractivity contribution in [1.82, 2.24) is 0 Å². The van der Waals surface area contributed by atoms with E-state index in [1.807, 2.05) is 12.2 Å². The molecule has 2 aromatic carbocycles. The Kier molecular flexibility index (Phi) is 7.07. The summed E-state index contributed by atoms with van der Waals surface area (Å²) < 4.78 is 0. The molecule has 0 aromatic heterocycles. The molecule has 2 atom stereocenters. The highest BCUT2D eigenvalue weighted by Crippen LogP contribution is 2.23. The molecule has 0 saturated heterocycles. The number of carbonyl (C=O) groups is 1. The number of rotatable bonds is 8. The van der Waals surface area contributed by atoms with Gasteiger partial charge in [-0.25, -0.2) is 0 Å². The first-order valence-corrected chi connectivity index (χ1v) is 9.31. The molecule has 6 heteroatoms. The minimum atomic E-state index is -0.490. The van der Waals surface area contributed by atoms with Gasteiger partial charge in [0.25, 0.3) is 11.6 Å². The molecule has 0 spiro atoms. The summed E-state index contributed by atoms with van der Waals surface area (Å²) in [5.41, 5.74) is 2.57. The summed E-state index contributed by atoms with van der Waals surface area (Å²) in [5, 5.41) is 15.8. The fourth-order valence-electron chi connectivity index (χ4n) is 3.08. The lowest BCUT2D eigenvalue weighted by Gasteiger charge is -2.23. The van der Waals surface area contributed by atoms with E-state index in [1.54, 1.807) is 18.2 Å². The smallest absolute Gasteiger partial charge is 0.292 e. The van der Waals surface area contributed by atoms with Crippen LogP contribution in [0.3, 0.4) is 0 Å². The molecule has 27 heavy (non-hydrogen) atoms. The van der Waals surface area contributed by atoms with Gasteiger partial charge in [-0.15, -0.1) is 0 Å². The third-order valence-electron chi connectivity index (χ3n) is 4.76. The molecular weight excluding hydrogens is 342 g/mol. The lowest BCUT2D eigenvalue weighted by atomic mass is 9.94. The summed E-state index contributed by atoms with van der Waals surface area (Å²) in [7, 11) is 0. The Bertz CT molecular complexity index is 788. The Hall–Kier alpha value is -2.73. The first kappa shape index (κ1) is 20.6. The third-order valence-corrected chi connectivity index (χ3v) is 4.76. The SMILES string of the molecule is CCc1ccc([C@@H]([NH2+][C@H](C)C(=O)Nc2ccccc2[N+](=O)[O-])C(C)C)cc1. The number of carbonyl (C=O) groups excluding carboxylic acids is 1. The number of nitro groups is 1. The van der Waals surface area contributed by atoms with Crippen LogP contribution in [0, 0.1) is 16.0 Å². The van der Waals surface area contributed by atoms with Crippen molar-refractivity contribution in [3.05, 3.63) is 69.8 Å². The number of hydrogen-bond acceptors (Lipinski definition) is 3. The van der Waals surface area contributed by atoms with Gasteiger partial charge in [0.05, 0.1) is 4.92 Å². The Morgan fingerprint density at radius 3 is 2.30 bits per heavy atom. The summed E-state index contributed by atoms with van der Waals surface area (Å²) >= 11 is 0. The largest absolute Gasteiger partial charge is 0.330 e. The molecular formula is C21H28N3O3+. The van der Waals surface area contributed by atoms with Gasteiger partial charge in [0.2, 0.25) is 0 Å². The first-order valence-electron chi connectivity index (χ1n) is 9.31. The van der Waals surface area contributed by atoms with Crippen molar-refractivity contribution in [2.24, 2.45) is 5.92 Å². The van der Waals surface area contributed by atoms with E-state index >= 15 is 0 Å². The van der Waals surface area contributed by atoms with E-state index < -0.39 is 4.92 Å². The van der Waals surface area contributed by atoms with E-state index in [4.69, 9.17) is 0 Å². The zero-order valence-corrected chi connectivity index (χ0v) is 16.3. The number of nitrogens with zero attached hydrogens (tertiary/aromatic N) is 1. The first-order chi connectivity index (χ1) is 12.8. The van der Waals surface area contributed by atoms with Crippen molar-refractivity contribution >= 4 is 17.3 Å². The van der Waals surface area contributed by atoms with E-state index in [1.165, 1.54) is 17.2 Å². The monoisotopic (exact) mass is 370 g/mol. The van der Waals surface area contributed by atoms with Gasteiger partial charge in [0.15, 0.2) is 6.04 Å². The van der Waals surface area contributed by atoms with Crippen LogP contribution >= 0.6 is 0 Å². The number of nitrogens with one attached hydrogen (secondary N) is 1. The molecule has 0 unspecified atom stereocenters. The van der Waals surface area contributed by atoms with Crippen molar-refractivity contribution in [2.75, 3.05) is 5.32 Å². The average Bonchev–Trinajstić information content (AvgIpc) is 2.66. The molecule has 2 aromatic rings. The molecule has 0 aliphatic heterocycles. The minimum Gasteiger partial charge on any atom is -0.330 e. The third kappa shape index (κ3) is 5.37. The molecule has 1 amide bonds. The average molecular weight is 370 g/mol. The fraction of sp³-hybridized carbons (Fsp3) is 0.381. The van der Waals surface area contributed by atoms with Gasteiger partial charge in [-0.1, -0.05) is 57.2 Å². The molecule has 6 nitrogen and oxygen atoms in total. The molecule has 0 fully saturated rings. The predicted molar refractivity (Wildman–Crippen MR) is 107 cm³/mol. The zero-order valence-electron chi connectivity index (χ0n) is 16.3. The van der Waals surface area contributed by atoms with Crippen molar-refractivity contribution in [1.29, 1.82) is 0 Å². The second-order valence-electron chi connectivity index (χ2n) is 7.11. The van der Waals surface area contributed by atoms with Crippen LogP contribution < -0.4 is 10.6 Å².